The SMILES string of the molecule is O=C(CCCc1cccnc1)N1CCCc2c(O)nc(C3C=CC=CN3)nc21. The highest BCUT2D eigenvalue weighted by molar-refractivity contribution is 5.93. The van der Waals surface area contributed by atoms with E-state index in [9.17, 15) is 9.90 Å². The number of allylic oxidation sites excluding steroid dienone is 2. The van der Waals surface area contributed by atoms with Gasteiger partial charge in [0.05, 0.1) is 5.56 Å². The Hall–Kier alpha value is -3.22. The molecule has 1 amide bonds. The Balaban J connectivity index is 1.50. The number of carbonyl (C=O) groups excluding carboxylic acids is 1. The fourth-order valence-corrected chi connectivity index (χ4v) is 3.56. The first kappa shape index (κ1) is 18.2. The Kier molecular flexibility index (Phi) is 5.32. The van der Waals surface area contributed by atoms with Crippen LogP contribution < -0.4 is 10.2 Å². The number of hydrogen-bond acceptors (Lipinski definition) is 6. The third kappa shape index (κ3) is 3.88. The van der Waals surface area contributed by atoms with E-state index >= 15 is 0 Å². The van der Waals surface area contributed by atoms with Gasteiger partial charge in [-0.05, 0) is 49.6 Å². The molecule has 0 saturated heterocycles. The zero-order chi connectivity index (χ0) is 19.3. The van der Waals surface area contributed by atoms with Crippen molar-refractivity contribution in [2.45, 2.75) is 38.1 Å². The van der Waals surface area contributed by atoms with Crippen LogP contribution in [0.4, 0.5) is 5.82 Å². The number of aromatic hydroxyl groups is 1. The number of amides is 1. The van der Waals surface area contributed by atoms with Gasteiger partial charge in [-0.3, -0.25) is 14.7 Å². The first-order valence-corrected chi connectivity index (χ1v) is 9.61. The normalized spacial score (nSPS) is 17.9. The molecule has 0 radical (unpaired) electrons. The van der Waals surface area contributed by atoms with Crippen LogP contribution in [0, 0.1) is 0 Å². The number of nitrogens with zero attached hydrogens (tertiary/aromatic N) is 4. The van der Waals surface area contributed by atoms with Gasteiger partial charge in [-0.1, -0.05) is 18.2 Å². The number of fused-ring (bicyclic) bond motifs is 1. The molecule has 7 heteroatoms. The molecule has 144 valence electrons. The Bertz CT molecular complexity index is 911. The second kappa shape index (κ2) is 8.21. The third-order valence-electron chi connectivity index (χ3n) is 4.99. The van der Waals surface area contributed by atoms with E-state index in [1.165, 1.54) is 0 Å². The van der Waals surface area contributed by atoms with Gasteiger partial charge < -0.3 is 10.4 Å². The number of aromatic nitrogens is 3. The lowest BCUT2D eigenvalue weighted by atomic mass is 10.0. The molecule has 1 atom stereocenters. The Labute approximate surface area is 163 Å². The molecule has 2 aliphatic heterocycles. The molecule has 28 heavy (non-hydrogen) atoms. The van der Waals surface area contributed by atoms with Crippen molar-refractivity contribution in [2.24, 2.45) is 0 Å². The molecule has 0 bridgehead atoms. The van der Waals surface area contributed by atoms with E-state index in [1.54, 1.807) is 11.1 Å². The summed E-state index contributed by atoms with van der Waals surface area (Å²) in [5, 5.41) is 13.6. The zero-order valence-corrected chi connectivity index (χ0v) is 15.6. The van der Waals surface area contributed by atoms with Crippen LogP contribution in [-0.2, 0) is 17.6 Å². The number of anilines is 1. The van der Waals surface area contributed by atoms with E-state index in [0.29, 0.717) is 36.6 Å². The molecule has 7 nitrogen and oxygen atoms in total. The lowest BCUT2D eigenvalue weighted by molar-refractivity contribution is -0.118. The monoisotopic (exact) mass is 377 g/mol. The van der Waals surface area contributed by atoms with Gasteiger partial charge >= 0.3 is 0 Å². The van der Waals surface area contributed by atoms with E-state index in [2.05, 4.69) is 20.3 Å². The molecule has 0 aliphatic carbocycles. The van der Waals surface area contributed by atoms with Gasteiger partial charge in [-0.2, -0.15) is 4.98 Å². The highest BCUT2D eigenvalue weighted by Gasteiger charge is 2.28. The van der Waals surface area contributed by atoms with E-state index < -0.39 is 0 Å². The average molecular weight is 377 g/mol. The largest absolute Gasteiger partial charge is 0.493 e. The van der Waals surface area contributed by atoms with E-state index in [-0.39, 0.29) is 17.8 Å². The Morgan fingerprint density at radius 1 is 1.32 bits per heavy atom. The highest BCUT2D eigenvalue weighted by Crippen LogP contribution is 2.33. The van der Waals surface area contributed by atoms with Crippen molar-refractivity contribution in [3.8, 4) is 5.88 Å². The number of nitrogens with one attached hydrogen (secondary N) is 1. The van der Waals surface area contributed by atoms with Gasteiger partial charge in [-0.15, -0.1) is 0 Å². The summed E-state index contributed by atoms with van der Waals surface area (Å²) in [6.45, 7) is 0.614. The molecule has 1 unspecified atom stereocenters. The molecule has 0 spiro atoms. The fraction of sp³-hybridized carbons (Fsp3) is 0.333. The summed E-state index contributed by atoms with van der Waals surface area (Å²) in [4.78, 5) is 27.6. The molecule has 0 saturated carbocycles. The minimum absolute atomic E-state index is 0.0286. The number of aryl methyl sites for hydroxylation is 1. The first-order chi connectivity index (χ1) is 13.7. The van der Waals surface area contributed by atoms with Crippen molar-refractivity contribution in [2.75, 3.05) is 11.4 Å². The summed E-state index contributed by atoms with van der Waals surface area (Å²) in [5.74, 6) is 1.01. The predicted octanol–water partition coefficient (Wildman–Crippen LogP) is 2.59. The van der Waals surface area contributed by atoms with E-state index in [1.807, 2.05) is 42.8 Å². The summed E-state index contributed by atoms with van der Waals surface area (Å²) < 4.78 is 0. The minimum Gasteiger partial charge on any atom is -0.493 e. The van der Waals surface area contributed by atoms with Gasteiger partial charge in [0.1, 0.15) is 11.9 Å². The molecule has 0 aromatic carbocycles. The average Bonchev–Trinajstić information content (AvgIpc) is 2.74. The Morgan fingerprint density at radius 3 is 3.04 bits per heavy atom. The highest BCUT2D eigenvalue weighted by atomic mass is 16.3. The summed E-state index contributed by atoms with van der Waals surface area (Å²) in [7, 11) is 0. The summed E-state index contributed by atoms with van der Waals surface area (Å²) >= 11 is 0. The van der Waals surface area contributed by atoms with Gasteiger partial charge in [-0.25, -0.2) is 4.98 Å². The maximum atomic E-state index is 12.9. The molecule has 4 heterocycles. The van der Waals surface area contributed by atoms with Gasteiger partial charge in [0.2, 0.25) is 11.8 Å². The van der Waals surface area contributed by atoms with E-state index in [0.717, 1.165) is 24.8 Å². The fourth-order valence-electron chi connectivity index (χ4n) is 3.56. The summed E-state index contributed by atoms with van der Waals surface area (Å²) in [5.41, 5.74) is 1.78. The van der Waals surface area contributed by atoms with Crippen molar-refractivity contribution in [3.05, 3.63) is 65.9 Å². The first-order valence-electron chi connectivity index (χ1n) is 9.61. The van der Waals surface area contributed by atoms with Crippen LogP contribution >= 0.6 is 0 Å². The number of pyridine rings is 1. The van der Waals surface area contributed by atoms with Gasteiger partial charge in [0.25, 0.3) is 0 Å². The van der Waals surface area contributed by atoms with Gasteiger partial charge in [0, 0.05) is 25.4 Å². The second-order valence-electron chi connectivity index (χ2n) is 6.96. The number of rotatable bonds is 5. The van der Waals surface area contributed by atoms with Crippen molar-refractivity contribution in [1.82, 2.24) is 20.3 Å². The van der Waals surface area contributed by atoms with Crippen LogP contribution in [0.1, 0.15) is 42.3 Å². The molecular formula is C21H23N5O2. The van der Waals surface area contributed by atoms with Gasteiger partial charge in [0.15, 0.2) is 5.82 Å². The maximum absolute atomic E-state index is 12.9. The smallest absolute Gasteiger partial charge is 0.228 e. The molecule has 2 aromatic heterocycles. The maximum Gasteiger partial charge on any atom is 0.228 e. The zero-order valence-electron chi connectivity index (χ0n) is 15.6. The lowest BCUT2D eigenvalue weighted by Gasteiger charge is -2.29. The predicted molar refractivity (Wildman–Crippen MR) is 106 cm³/mol. The molecule has 2 N–H and O–H groups in total. The Morgan fingerprint density at radius 2 is 2.25 bits per heavy atom. The van der Waals surface area contributed by atoms with Crippen molar-refractivity contribution >= 4 is 11.7 Å². The molecule has 2 aromatic rings. The summed E-state index contributed by atoms with van der Waals surface area (Å²) in [6.07, 6.45) is 14.6. The van der Waals surface area contributed by atoms with Crippen LogP contribution in [0.15, 0.2) is 49.0 Å². The van der Waals surface area contributed by atoms with Crippen molar-refractivity contribution < 1.29 is 9.90 Å². The third-order valence-corrected chi connectivity index (χ3v) is 4.99. The second-order valence-corrected chi connectivity index (χ2v) is 6.96. The van der Waals surface area contributed by atoms with Crippen molar-refractivity contribution in [3.63, 3.8) is 0 Å². The molecule has 4 rings (SSSR count). The van der Waals surface area contributed by atoms with Crippen LogP contribution in [0.2, 0.25) is 0 Å². The molecule has 0 fully saturated rings. The number of carbonyl (C=O) groups is 1. The number of hydrogen-bond donors (Lipinski definition) is 2. The lowest BCUT2D eigenvalue weighted by Crippen LogP contribution is -2.37. The van der Waals surface area contributed by atoms with E-state index in [4.69, 9.17) is 0 Å². The van der Waals surface area contributed by atoms with Crippen LogP contribution in [0.25, 0.3) is 0 Å². The topological polar surface area (TPSA) is 91.2 Å². The van der Waals surface area contributed by atoms with Crippen LogP contribution in [0.3, 0.4) is 0 Å². The quantitative estimate of drug-likeness (QED) is 0.832. The van der Waals surface area contributed by atoms with Crippen molar-refractivity contribution in [1.29, 1.82) is 0 Å². The molecular weight excluding hydrogens is 354 g/mol. The standard InChI is InChI=1S/C21H23N5O2/c27-18(10-3-6-15-7-4-11-22-14-15)26-13-5-8-16-20(26)24-19(25-21(16)28)17-9-1-2-12-23-17/h1-2,4,7,9,11-12,14,17,23H,3,5-6,8,10,13H2,(H,24,25,28). The van der Waals surface area contributed by atoms with Crippen LogP contribution in [0.5, 0.6) is 5.88 Å². The van der Waals surface area contributed by atoms with Crippen LogP contribution in [-0.4, -0.2) is 32.5 Å². The number of dihydropyridines is 1. The summed E-state index contributed by atoms with van der Waals surface area (Å²) in [6, 6.07) is 3.71. The molecule has 2 aliphatic rings. The minimum atomic E-state index is -0.217.